The standard InChI is InChI=1S/C9H8ClFO2/c1-5-6(11)3-4-7(13-2)8(5)9(10)12/h3-4H,1-2H3. The maximum Gasteiger partial charge on any atom is 0.256 e. The second kappa shape index (κ2) is 3.75. The molecule has 0 bridgehead atoms. The van der Waals surface area contributed by atoms with Crippen molar-refractivity contribution in [1.82, 2.24) is 0 Å². The summed E-state index contributed by atoms with van der Waals surface area (Å²) in [4.78, 5) is 10.9. The molecule has 0 N–H and O–H groups in total. The predicted octanol–water partition coefficient (Wildman–Crippen LogP) is 2.52. The molecule has 0 heterocycles. The first-order valence-corrected chi connectivity index (χ1v) is 3.98. The number of hydrogen-bond donors (Lipinski definition) is 0. The monoisotopic (exact) mass is 202 g/mol. The van der Waals surface area contributed by atoms with Gasteiger partial charge in [0.15, 0.2) is 0 Å². The lowest BCUT2D eigenvalue weighted by Gasteiger charge is -2.07. The second-order valence-electron chi connectivity index (χ2n) is 2.52. The summed E-state index contributed by atoms with van der Waals surface area (Å²) >= 11 is 5.28. The van der Waals surface area contributed by atoms with Crippen LogP contribution in [0.25, 0.3) is 0 Å². The molecule has 0 fully saturated rings. The summed E-state index contributed by atoms with van der Waals surface area (Å²) in [6, 6.07) is 2.61. The van der Waals surface area contributed by atoms with Gasteiger partial charge in [-0.2, -0.15) is 0 Å². The van der Waals surface area contributed by atoms with Crippen molar-refractivity contribution in [3.63, 3.8) is 0 Å². The van der Waals surface area contributed by atoms with Crippen LogP contribution in [-0.2, 0) is 0 Å². The molecule has 0 spiro atoms. The van der Waals surface area contributed by atoms with Crippen LogP contribution in [0.4, 0.5) is 4.39 Å². The van der Waals surface area contributed by atoms with Gasteiger partial charge in [-0.05, 0) is 30.7 Å². The number of carbonyl (C=O) groups excluding carboxylic acids is 1. The Morgan fingerprint density at radius 1 is 1.54 bits per heavy atom. The summed E-state index contributed by atoms with van der Waals surface area (Å²) in [5, 5.41) is -0.714. The molecule has 0 unspecified atom stereocenters. The zero-order valence-electron chi connectivity index (χ0n) is 7.23. The van der Waals surface area contributed by atoms with Gasteiger partial charge < -0.3 is 4.74 Å². The van der Waals surface area contributed by atoms with Gasteiger partial charge in [0, 0.05) is 5.56 Å². The maximum absolute atomic E-state index is 13.0. The highest BCUT2D eigenvalue weighted by atomic mass is 35.5. The smallest absolute Gasteiger partial charge is 0.256 e. The van der Waals surface area contributed by atoms with Gasteiger partial charge in [0.25, 0.3) is 5.24 Å². The molecule has 1 aromatic carbocycles. The van der Waals surface area contributed by atoms with Crippen LogP contribution in [0.5, 0.6) is 5.75 Å². The third kappa shape index (κ3) is 1.80. The van der Waals surface area contributed by atoms with Crippen molar-refractivity contribution in [1.29, 1.82) is 0 Å². The Hall–Kier alpha value is -1.09. The largest absolute Gasteiger partial charge is 0.496 e. The Balaban J connectivity index is 3.41. The second-order valence-corrected chi connectivity index (χ2v) is 2.87. The Morgan fingerprint density at radius 2 is 2.15 bits per heavy atom. The molecule has 13 heavy (non-hydrogen) atoms. The fourth-order valence-corrected chi connectivity index (χ4v) is 1.31. The zero-order valence-corrected chi connectivity index (χ0v) is 7.98. The van der Waals surface area contributed by atoms with Crippen molar-refractivity contribution < 1.29 is 13.9 Å². The van der Waals surface area contributed by atoms with E-state index in [1.54, 1.807) is 0 Å². The van der Waals surface area contributed by atoms with Gasteiger partial charge in [-0.15, -0.1) is 0 Å². The van der Waals surface area contributed by atoms with E-state index < -0.39 is 11.1 Å². The highest BCUT2D eigenvalue weighted by Crippen LogP contribution is 2.25. The summed E-state index contributed by atoms with van der Waals surface area (Å²) in [6.07, 6.45) is 0. The topological polar surface area (TPSA) is 26.3 Å². The Bertz CT molecular complexity index is 350. The number of carbonyl (C=O) groups is 1. The molecule has 70 valence electrons. The molecule has 1 aromatic rings. The van der Waals surface area contributed by atoms with E-state index in [2.05, 4.69) is 0 Å². The fourth-order valence-electron chi connectivity index (χ4n) is 1.08. The van der Waals surface area contributed by atoms with E-state index in [1.165, 1.54) is 26.2 Å². The predicted molar refractivity (Wildman–Crippen MR) is 47.9 cm³/mol. The first-order chi connectivity index (χ1) is 6.07. The van der Waals surface area contributed by atoms with Crippen molar-refractivity contribution >= 4 is 16.8 Å². The summed E-state index contributed by atoms with van der Waals surface area (Å²) in [7, 11) is 1.40. The number of hydrogen-bond acceptors (Lipinski definition) is 2. The van der Waals surface area contributed by atoms with Crippen LogP contribution < -0.4 is 4.74 Å². The van der Waals surface area contributed by atoms with Gasteiger partial charge >= 0.3 is 0 Å². The molecule has 0 aromatic heterocycles. The van der Waals surface area contributed by atoms with E-state index in [1.807, 2.05) is 0 Å². The van der Waals surface area contributed by atoms with Gasteiger partial charge in [0.1, 0.15) is 11.6 Å². The molecule has 0 saturated carbocycles. The molecule has 0 radical (unpaired) electrons. The van der Waals surface area contributed by atoms with Gasteiger partial charge in [-0.1, -0.05) is 0 Å². The third-order valence-electron chi connectivity index (χ3n) is 1.78. The van der Waals surface area contributed by atoms with Crippen LogP contribution >= 0.6 is 11.6 Å². The highest BCUT2D eigenvalue weighted by molar-refractivity contribution is 6.68. The molecule has 2 nitrogen and oxygen atoms in total. The molecule has 4 heteroatoms. The molecule has 0 amide bonds. The third-order valence-corrected chi connectivity index (χ3v) is 1.97. The van der Waals surface area contributed by atoms with E-state index in [0.29, 0.717) is 5.75 Å². The summed E-state index contributed by atoms with van der Waals surface area (Å²) in [6.45, 7) is 1.48. The lowest BCUT2D eigenvalue weighted by atomic mass is 10.1. The van der Waals surface area contributed by atoms with Crippen molar-refractivity contribution in [3.05, 3.63) is 29.1 Å². The van der Waals surface area contributed by atoms with Gasteiger partial charge in [-0.3, -0.25) is 4.79 Å². The Labute approximate surface area is 80.3 Å². The van der Waals surface area contributed by atoms with Crippen molar-refractivity contribution in [2.75, 3.05) is 7.11 Å². The van der Waals surface area contributed by atoms with Crippen molar-refractivity contribution in [3.8, 4) is 5.75 Å². The first-order valence-electron chi connectivity index (χ1n) is 3.61. The van der Waals surface area contributed by atoms with Crippen LogP contribution in [0.2, 0.25) is 0 Å². The van der Waals surface area contributed by atoms with Crippen LogP contribution in [0.1, 0.15) is 15.9 Å². The number of rotatable bonds is 2. The van der Waals surface area contributed by atoms with Crippen LogP contribution in [0.3, 0.4) is 0 Å². The fraction of sp³-hybridized carbons (Fsp3) is 0.222. The number of methoxy groups -OCH3 is 1. The minimum atomic E-state index is -0.714. The highest BCUT2D eigenvalue weighted by Gasteiger charge is 2.15. The van der Waals surface area contributed by atoms with Crippen LogP contribution in [0.15, 0.2) is 12.1 Å². The van der Waals surface area contributed by atoms with Crippen molar-refractivity contribution in [2.45, 2.75) is 6.92 Å². The van der Waals surface area contributed by atoms with E-state index in [4.69, 9.17) is 16.3 Å². The van der Waals surface area contributed by atoms with E-state index in [0.717, 1.165) is 0 Å². The molecule has 0 saturated heterocycles. The average Bonchev–Trinajstić information content (AvgIpc) is 2.08. The van der Waals surface area contributed by atoms with Gasteiger partial charge in [0.05, 0.1) is 12.7 Å². The SMILES string of the molecule is COc1ccc(F)c(C)c1C(=O)Cl. The van der Waals surface area contributed by atoms with E-state index >= 15 is 0 Å². The average molecular weight is 203 g/mol. The number of benzene rings is 1. The molecule has 0 atom stereocenters. The van der Waals surface area contributed by atoms with Crippen LogP contribution in [-0.4, -0.2) is 12.4 Å². The van der Waals surface area contributed by atoms with Crippen LogP contribution in [0, 0.1) is 12.7 Å². The number of halogens is 2. The van der Waals surface area contributed by atoms with E-state index in [9.17, 15) is 9.18 Å². The Morgan fingerprint density at radius 3 is 2.62 bits per heavy atom. The quantitative estimate of drug-likeness (QED) is 0.689. The molecule has 0 aliphatic carbocycles. The molecule has 1 rings (SSSR count). The van der Waals surface area contributed by atoms with Crippen molar-refractivity contribution in [2.24, 2.45) is 0 Å². The minimum Gasteiger partial charge on any atom is -0.496 e. The minimum absolute atomic E-state index is 0.0872. The zero-order chi connectivity index (χ0) is 10.0. The lowest BCUT2D eigenvalue weighted by molar-refractivity contribution is 0.107. The molecular formula is C9H8ClFO2. The summed E-state index contributed by atoms with van der Waals surface area (Å²) in [5.74, 6) is -0.177. The van der Waals surface area contributed by atoms with Gasteiger partial charge in [-0.25, -0.2) is 4.39 Å². The van der Waals surface area contributed by atoms with E-state index in [-0.39, 0.29) is 11.1 Å². The molecular weight excluding hydrogens is 195 g/mol. The van der Waals surface area contributed by atoms with Gasteiger partial charge in [0.2, 0.25) is 0 Å². The summed E-state index contributed by atoms with van der Waals surface area (Å²) < 4.78 is 17.9. The molecule has 0 aliphatic heterocycles. The maximum atomic E-state index is 13.0. The first kappa shape index (κ1) is 9.99. The lowest BCUT2D eigenvalue weighted by Crippen LogP contribution is -2.00. The number of ether oxygens (including phenoxy) is 1. The normalized spacial score (nSPS) is 9.85. The Kier molecular flexibility index (Phi) is 2.88. The summed E-state index contributed by atoms with van der Waals surface area (Å²) in [5.41, 5.74) is 0.295. The molecule has 0 aliphatic rings.